The highest BCUT2D eigenvalue weighted by molar-refractivity contribution is 7.88. The van der Waals surface area contributed by atoms with Gasteiger partial charge in [0.2, 0.25) is 10.0 Å². The summed E-state index contributed by atoms with van der Waals surface area (Å²) in [5, 5.41) is 4.69. The molecule has 1 unspecified atom stereocenters. The molecule has 1 N–H and O–H groups in total. The summed E-state index contributed by atoms with van der Waals surface area (Å²) in [6, 6.07) is 7.19. The molecule has 1 aliphatic rings. The molecule has 9 heteroatoms. The predicted octanol–water partition coefficient (Wildman–Crippen LogP) is 1.37. The van der Waals surface area contributed by atoms with Crippen LogP contribution < -0.4 is 0 Å². The maximum absolute atomic E-state index is 12.9. The highest BCUT2D eigenvalue weighted by Gasteiger charge is 2.34. The quantitative estimate of drug-likeness (QED) is 0.754. The Morgan fingerprint density at radius 3 is 2.96 bits per heavy atom. The molecule has 0 aliphatic carbocycles. The molecule has 0 bridgehead atoms. The van der Waals surface area contributed by atoms with Crippen LogP contribution >= 0.6 is 0 Å². The molecule has 1 aromatic carbocycles. The molecule has 1 fully saturated rings. The summed E-state index contributed by atoms with van der Waals surface area (Å²) in [4.78, 5) is 9.46. The second-order valence-electron chi connectivity index (χ2n) is 6.21. The predicted molar refractivity (Wildman–Crippen MR) is 92.2 cm³/mol. The molecule has 0 amide bonds. The first-order valence-corrected chi connectivity index (χ1v) is 9.66. The molecular weight excluding hydrogens is 342 g/mol. The van der Waals surface area contributed by atoms with Crippen LogP contribution in [-0.4, -0.2) is 59.4 Å². The van der Waals surface area contributed by atoms with E-state index in [0.29, 0.717) is 30.9 Å². The normalized spacial score (nSPS) is 20.3. The van der Waals surface area contributed by atoms with E-state index in [0.717, 1.165) is 11.2 Å². The average molecular weight is 361 g/mol. The number of imidazole rings is 1. The van der Waals surface area contributed by atoms with Gasteiger partial charge >= 0.3 is 0 Å². The molecule has 2 aromatic heterocycles. The van der Waals surface area contributed by atoms with Gasteiger partial charge in [-0.3, -0.25) is 4.90 Å². The highest BCUT2D eigenvalue weighted by Crippen LogP contribution is 2.26. The fourth-order valence-electron chi connectivity index (χ4n) is 3.16. The molecule has 1 aliphatic heterocycles. The van der Waals surface area contributed by atoms with Gasteiger partial charge in [0.1, 0.15) is 17.3 Å². The lowest BCUT2D eigenvalue weighted by Crippen LogP contribution is -2.49. The number of nitrogens with zero attached hydrogens (tertiary/aromatic N) is 4. The van der Waals surface area contributed by atoms with Gasteiger partial charge < -0.3 is 9.51 Å². The number of benzene rings is 1. The van der Waals surface area contributed by atoms with Crippen molar-refractivity contribution in [3.63, 3.8) is 0 Å². The summed E-state index contributed by atoms with van der Waals surface area (Å²) < 4.78 is 32.6. The Balaban J connectivity index is 1.57. The van der Waals surface area contributed by atoms with Crippen LogP contribution in [0.1, 0.15) is 17.6 Å². The number of sulfonamides is 1. The average Bonchev–Trinajstić information content (AvgIpc) is 3.25. The molecule has 25 heavy (non-hydrogen) atoms. The van der Waals surface area contributed by atoms with E-state index in [1.165, 1.54) is 4.31 Å². The summed E-state index contributed by atoms with van der Waals surface area (Å²) in [6.07, 6.45) is 3.43. The first kappa shape index (κ1) is 16.2. The Morgan fingerprint density at radius 2 is 2.16 bits per heavy atom. The minimum atomic E-state index is -3.50. The molecule has 0 saturated carbocycles. The lowest BCUT2D eigenvalue weighted by Gasteiger charge is -2.37. The first-order valence-electron chi connectivity index (χ1n) is 8.05. The summed E-state index contributed by atoms with van der Waals surface area (Å²) in [5.74, 6) is 0.604. The molecule has 0 radical (unpaired) electrons. The van der Waals surface area contributed by atoms with Gasteiger partial charge in [-0.05, 0) is 19.2 Å². The Bertz CT molecular complexity index is 967. The first-order chi connectivity index (χ1) is 12.0. The molecular formula is C16H19N5O3S. The lowest BCUT2D eigenvalue weighted by molar-refractivity contribution is 0.142. The van der Waals surface area contributed by atoms with Crippen LogP contribution in [0.4, 0.5) is 0 Å². The number of para-hydroxylation sites is 1. The lowest BCUT2D eigenvalue weighted by atomic mass is 10.2. The van der Waals surface area contributed by atoms with Gasteiger partial charge in [-0.25, -0.2) is 13.4 Å². The van der Waals surface area contributed by atoms with Crippen LogP contribution in [0.15, 0.2) is 41.2 Å². The van der Waals surface area contributed by atoms with E-state index in [9.17, 15) is 8.42 Å². The number of piperazine rings is 1. The van der Waals surface area contributed by atoms with Gasteiger partial charge in [-0.1, -0.05) is 17.3 Å². The zero-order valence-electron chi connectivity index (χ0n) is 13.8. The van der Waals surface area contributed by atoms with E-state index >= 15 is 0 Å². The molecule has 1 saturated heterocycles. The van der Waals surface area contributed by atoms with E-state index in [1.54, 1.807) is 18.5 Å². The van der Waals surface area contributed by atoms with Gasteiger partial charge in [-0.15, -0.1) is 0 Å². The Hall–Kier alpha value is -2.23. The van der Waals surface area contributed by atoms with Crippen molar-refractivity contribution in [1.82, 2.24) is 24.3 Å². The monoisotopic (exact) mass is 361 g/mol. The van der Waals surface area contributed by atoms with Crippen molar-refractivity contribution >= 4 is 21.0 Å². The molecule has 132 valence electrons. The second kappa shape index (κ2) is 6.25. The standard InChI is InChI=1S/C16H19N5O3S/c1-20-8-9-21(10-14(20)16-17-6-7-18-16)25(22,23)11-13-12-4-2-3-5-15(12)24-19-13/h2-7,14H,8-11H2,1H3,(H,17,18). The molecule has 8 nitrogen and oxygen atoms in total. The number of fused-ring (bicyclic) bond motifs is 1. The van der Waals surface area contributed by atoms with Crippen molar-refractivity contribution in [2.45, 2.75) is 11.8 Å². The molecule has 1 atom stereocenters. The number of hydrogen-bond acceptors (Lipinski definition) is 6. The zero-order chi connectivity index (χ0) is 17.4. The number of H-pyrrole nitrogens is 1. The maximum Gasteiger partial charge on any atom is 0.220 e. The van der Waals surface area contributed by atoms with E-state index in [-0.39, 0.29) is 11.8 Å². The summed E-state index contributed by atoms with van der Waals surface area (Å²) in [6.45, 7) is 1.46. The number of nitrogens with one attached hydrogen (secondary N) is 1. The van der Waals surface area contributed by atoms with Gasteiger partial charge in [0.25, 0.3) is 0 Å². The maximum atomic E-state index is 12.9. The van der Waals surface area contributed by atoms with Crippen molar-refractivity contribution in [3.05, 3.63) is 48.2 Å². The molecule has 0 spiro atoms. The van der Waals surface area contributed by atoms with Crippen LogP contribution in [0.25, 0.3) is 11.0 Å². The smallest absolute Gasteiger partial charge is 0.220 e. The van der Waals surface area contributed by atoms with Gasteiger partial charge in [0.05, 0.1) is 6.04 Å². The van der Waals surface area contributed by atoms with Crippen LogP contribution in [0.3, 0.4) is 0 Å². The summed E-state index contributed by atoms with van der Waals surface area (Å²) in [5.41, 5.74) is 1.05. The van der Waals surface area contributed by atoms with Crippen LogP contribution in [-0.2, 0) is 15.8 Å². The minimum Gasteiger partial charge on any atom is -0.356 e. The molecule has 4 rings (SSSR count). The SMILES string of the molecule is CN1CCN(S(=O)(=O)Cc2noc3ccccc23)CC1c1ncc[nH]1. The number of aromatic nitrogens is 3. The third kappa shape index (κ3) is 3.06. The Labute approximate surface area is 145 Å². The zero-order valence-corrected chi connectivity index (χ0v) is 14.6. The van der Waals surface area contributed by atoms with Crippen LogP contribution in [0.2, 0.25) is 0 Å². The van der Waals surface area contributed by atoms with Crippen LogP contribution in [0.5, 0.6) is 0 Å². The number of likely N-dealkylation sites (N-methyl/N-ethyl adjacent to an activating group) is 1. The van der Waals surface area contributed by atoms with E-state index in [2.05, 4.69) is 20.0 Å². The summed E-state index contributed by atoms with van der Waals surface area (Å²) in [7, 11) is -1.53. The van der Waals surface area contributed by atoms with Crippen molar-refractivity contribution in [3.8, 4) is 0 Å². The topological polar surface area (TPSA) is 95.3 Å². The number of aromatic amines is 1. The van der Waals surface area contributed by atoms with Gasteiger partial charge in [0.15, 0.2) is 5.58 Å². The Kier molecular flexibility index (Phi) is 4.06. The van der Waals surface area contributed by atoms with E-state index < -0.39 is 10.0 Å². The molecule has 3 aromatic rings. The van der Waals surface area contributed by atoms with Crippen molar-refractivity contribution in [2.75, 3.05) is 26.7 Å². The van der Waals surface area contributed by atoms with E-state index in [4.69, 9.17) is 4.52 Å². The largest absolute Gasteiger partial charge is 0.356 e. The third-order valence-corrected chi connectivity index (χ3v) is 6.37. The van der Waals surface area contributed by atoms with E-state index in [1.807, 2.05) is 25.2 Å². The molecule has 3 heterocycles. The van der Waals surface area contributed by atoms with Crippen LogP contribution in [0, 0.1) is 0 Å². The number of hydrogen-bond donors (Lipinski definition) is 1. The van der Waals surface area contributed by atoms with Crippen molar-refractivity contribution in [2.24, 2.45) is 0 Å². The fraction of sp³-hybridized carbons (Fsp3) is 0.375. The Morgan fingerprint density at radius 1 is 1.32 bits per heavy atom. The van der Waals surface area contributed by atoms with Crippen molar-refractivity contribution in [1.29, 1.82) is 0 Å². The summed E-state index contributed by atoms with van der Waals surface area (Å²) >= 11 is 0. The fourth-order valence-corrected chi connectivity index (χ4v) is 4.63. The third-order valence-electron chi connectivity index (χ3n) is 4.61. The highest BCUT2D eigenvalue weighted by atomic mass is 32.2. The second-order valence-corrected chi connectivity index (χ2v) is 8.18. The van der Waals surface area contributed by atoms with Gasteiger partial charge in [-0.2, -0.15) is 4.31 Å². The van der Waals surface area contributed by atoms with Crippen molar-refractivity contribution < 1.29 is 12.9 Å². The van der Waals surface area contributed by atoms with Gasteiger partial charge in [0, 0.05) is 37.4 Å². The number of rotatable bonds is 4. The minimum absolute atomic E-state index is 0.0902.